The third-order valence-electron chi connectivity index (χ3n) is 2.07. The van der Waals surface area contributed by atoms with Crippen LogP contribution in [0.25, 0.3) is 5.69 Å². The molecule has 0 spiro atoms. The molecule has 2 aromatic rings. The van der Waals surface area contributed by atoms with Gasteiger partial charge in [-0.25, -0.2) is 4.98 Å². The molecule has 2 heterocycles. The summed E-state index contributed by atoms with van der Waals surface area (Å²) in [6.45, 7) is 1.56. The lowest BCUT2D eigenvalue weighted by atomic mass is 10.2. The van der Waals surface area contributed by atoms with Crippen molar-refractivity contribution in [2.45, 2.75) is 13.3 Å². The van der Waals surface area contributed by atoms with Crippen molar-refractivity contribution in [3.8, 4) is 5.69 Å². The second-order valence-corrected chi connectivity index (χ2v) is 3.32. The van der Waals surface area contributed by atoms with Gasteiger partial charge in [-0.3, -0.25) is 9.78 Å². The van der Waals surface area contributed by atoms with Gasteiger partial charge in [-0.05, 0) is 19.1 Å². The van der Waals surface area contributed by atoms with Crippen LogP contribution in [0.15, 0.2) is 37.1 Å². The first-order chi connectivity index (χ1) is 7.27. The van der Waals surface area contributed by atoms with Crippen LogP contribution < -0.4 is 0 Å². The molecule has 0 aromatic carbocycles. The Morgan fingerprint density at radius 3 is 3.00 bits per heavy atom. The van der Waals surface area contributed by atoms with Gasteiger partial charge in [0.2, 0.25) is 0 Å². The molecule has 0 N–H and O–H groups in total. The van der Waals surface area contributed by atoms with Gasteiger partial charge in [0.1, 0.15) is 5.78 Å². The average Bonchev–Trinajstić information content (AvgIpc) is 2.70. The molecule has 0 radical (unpaired) electrons. The topological polar surface area (TPSA) is 47.8 Å². The van der Waals surface area contributed by atoms with E-state index < -0.39 is 0 Å². The molecule has 0 amide bonds. The van der Waals surface area contributed by atoms with Crippen molar-refractivity contribution < 1.29 is 4.79 Å². The molecule has 0 bridgehead atoms. The normalized spacial score (nSPS) is 10.2. The molecule has 0 atom stereocenters. The van der Waals surface area contributed by atoms with Crippen LogP contribution in [0.3, 0.4) is 0 Å². The average molecular weight is 201 g/mol. The molecule has 4 heteroatoms. The third-order valence-corrected chi connectivity index (χ3v) is 2.07. The van der Waals surface area contributed by atoms with Gasteiger partial charge >= 0.3 is 0 Å². The number of Topliss-reactive ketones (excluding diaryl/α,β-unsaturated/α-hetero) is 1. The number of ketones is 1. The van der Waals surface area contributed by atoms with Crippen LogP contribution >= 0.6 is 0 Å². The van der Waals surface area contributed by atoms with Gasteiger partial charge in [0, 0.05) is 18.6 Å². The Balaban J connectivity index is 2.42. The summed E-state index contributed by atoms with van der Waals surface area (Å²) in [5, 5.41) is 0. The number of hydrogen-bond donors (Lipinski definition) is 0. The molecule has 0 aliphatic heterocycles. The van der Waals surface area contributed by atoms with Crippen LogP contribution in [-0.2, 0) is 11.2 Å². The van der Waals surface area contributed by atoms with E-state index >= 15 is 0 Å². The highest BCUT2D eigenvalue weighted by Crippen LogP contribution is 2.11. The lowest BCUT2D eigenvalue weighted by Gasteiger charge is -2.06. The number of carbonyl (C=O) groups is 1. The zero-order valence-corrected chi connectivity index (χ0v) is 8.42. The number of imidazole rings is 1. The number of nitrogens with zero attached hydrogens (tertiary/aromatic N) is 3. The quantitative estimate of drug-likeness (QED) is 0.754. The minimum atomic E-state index is 0.107. The van der Waals surface area contributed by atoms with E-state index in [1.165, 1.54) is 0 Å². The summed E-state index contributed by atoms with van der Waals surface area (Å²) in [6, 6.07) is 3.77. The minimum absolute atomic E-state index is 0.107. The molecular formula is C11H11N3O. The Morgan fingerprint density at radius 1 is 1.47 bits per heavy atom. The number of pyridine rings is 1. The van der Waals surface area contributed by atoms with Crippen molar-refractivity contribution in [1.82, 2.24) is 14.5 Å². The highest BCUT2D eigenvalue weighted by Gasteiger charge is 2.06. The molecule has 0 saturated heterocycles. The van der Waals surface area contributed by atoms with E-state index in [1.807, 2.05) is 22.9 Å². The minimum Gasteiger partial charge on any atom is -0.304 e. The van der Waals surface area contributed by atoms with Crippen molar-refractivity contribution in [1.29, 1.82) is 0 Å². The fourth-order valence-corrected chi connectivity index (χ4v) is 1.44. The van der Waals surface area contributed by atoms with Crippen LogP contribution in [0.4, 0.5) is 0 Å². The van der Waals surface area contributed by atoms with Gasteiger partial charge in [-0.1, -0.05) is 0 Å². The lowest BCUT2D eigenvalue weighted by Crippen LogP contribution is -2.04. The van der Waals surface area contributed by atoms with Crippen molar-refractivity contribution in [2.75, 3.05) is 0 Å². The third kappa shape index (κ3) is 2.10. The van der Waals surface area contributed by atoms with Crippen molar-refractivity contribution in [3.63, 3.8) is 0 Å². The first kappa shape index (κ1) is 9.58. The van der Waals surface area contributed by atoms with E-state index in [2.05, 4.69) is 9.97 Å². The van der Waals surface area contributed by atoms with Gasteiger partial charge in [-0.15, -0.1) is 0 Å². The van der Waals surface area contributed by atoms with Gasteiger partial charge in [0.15, 0.2) is 0 Å². The van der Waals surface area contributed by atoms with Crippen LogP contribution in [-0.4, -0.2) is 20.3 Å². The Hall–Kier alpha value is -1.97. The van der Waals surface area contributed by atoms with Gasteiger partial charge in [0.05, 0.1) is 24.1 Å². The Kier molecular flexibility index (Phi) is 2.58. The van der Waals surface area contributed by atoms with Crippen LogP contribution in [0.2, 0.25) is 0 Å². The second kappa shape index (κ2) is 4.04. The smallest absolute Gasteiger partial charge is 0.135 e. The molecule has 0 unspecified atom stereocenters. The molecule has 0 saturated carbocycles. The van der Waals surface area contributed by atoms with Crippen LogP contribution in [0.1, 0.15) is 12.6 Å². The van der Waals surface area contributed by atoms with E-state index in [9.17, 15) is 4.79 Å². The Morgan fingerprint density at radius 2 is 2.33 bits per heavy atom. The summed E-state index contributed by atoms with van der Waals surface area (Å²) >= 11 is 0. The van der Waals surface area contributed by atoms with Crippen LogP contribution in [0, 0.1) is 0 Å². The zero-order valence-electron chi connectivity index (χ0n) is 8.42. The van der Waals surface area contributed by atoms with Crippen molar-refractivity contribution >= 4 is 5.78 Å². The monoisotopic (exact) mass is 201 g/mol. The predicted molar refractivity (Wildman–Crippen MR) is 55.7 cm³/mol. The number of hydrogen-bond acceptors (Lipinski definition) is 3. The summed E-state index contributed by atoms with van der Waals surface area (Å²) in [6.07, 6.45) is 7.28. The highest BCUT2D eigenvalue weighted by atomic mass is 16.1. The standard InChI is InChI=1S/C11H11N3O/c1-9(15)7-10-11(3-2-4-13-10)14-6-5-12-8-14/h2-6,8H,7H2,1H3. The molecule has 15 heavy (non-hydrogen) atoms. The molecular weight excluding hydrogens is 190 g/mol. The van der Waals surface area contributed by atoms with Crippen LogP contribution in [0.5, 0.6) is 0 Å². The van der Waals surface area contributed by atoms with E-state index in [0.717, 1.165) is 11.4 Å². The van der Waals surface area contributed by atoms with Gasteiger partial charge < -0.3 is 4.57 Å². The van der Waals surface area contributed by atoms with E-state index in [1.54, 1.807) is 25.6 Å². The maximum Gasteiger partial charge on any atom is 0.135 e. The predicted octanol–water partition coefficient (Wildman–Crippen LogP) is 1.40. The number of aromatic nitrogens is 3. The first-order valence-corrected chi connectivity index (χ1v) is 4.69. The fourth-order valence-electron chi connectivity index (χ4n) is 1.44. The molecule has 2 rings (SSSR count). The first-order valence-electron chi connectivity index (χ1n) is 4.69. The maximum absolute atomic E-state index is 11.1. The molecule has 2 aromatic heterocycles. The number of carbonyl (C=O) groups excluding carboxylic acids is 1. The van der Waals surface area contributed by atoms with Crippen molar-refractivity contribution in [2.24, 2.45) is 0 Å². The summed E-state index contributed by atoms with van der Waals surface area (Å²) in [4.78, 5) is 19.2. The highest BCUT2D eigenvalue weighted by molar-refractivity contribution is 5.78. The van der Waals surface area contributed by atoms with E-state index in [-0.39, 0.29) is 5.78 Å². The second-order valence-electron chi connectivity index (χ2n) is 3.32. The number of rotatable bonds is 3. The van der Waals surface area contributed by atoms with Crippen molar-refractivity contribution in [3.05, 3.63) is 42.7 Å². The van der Waals surface area contributed by atoms with Gasteiger partial charge in [-0.2, -0.15) is 0 Å². The molecule has 0 fully saturated rings. The molecule has 0 aliphatic carbocycles. The van der Waals surface area contributed by atoms with E-state index in [0.29, 0.717) is 6.42 Å². The summed E-state index contributed by atoms with van der Waals surface area (Å²) in [7, 11) is 0. The summed E-state index contributed by atoms with van der Waals surface area (Å²) in [5.74, 6) is 0.107. The Bertz CT molecular complexity index is 462. The maximum atomic E-state index is 11.1. The largest absolute Gasteiger partial charge is 0.304 e. The molecule has 76 valence electrons. The molecule has 0 aliphatic rings. The summed E-state index contributed by atoms with van der Waals surface area (Å²) < 4.78 is 1.85. The Labute approximate surface area is 87.6 Å². The SMILES string of the molecule is CC(=O)Cc1ncccc1-n1ccnc1. The molecule has 4 nitrogen and oxygen atoms in total. The fraction of sp³-hybridized carbons (Fsp3) is 0.182. The lowest BCUT2D eigenvalue weighted by molar-refractivity contribution is -0.116. The van der Waals surface area contributed by atoms with Gasteiger partial charge in [0.25, 0.3) is 0 Å². The van der Waals surface area contributed by atoms with E-state index in [4.69, 9.17) is 0 Å². The summed E-state index contributed by atoms with van der Waals surface area (Å²) in [5.41, 5.74) is 1.69. The zero-order chi connectivity index (χ0) is 10.7.